The minimum atomic E-state index is -0.0757. The standard InChI is InChI=1S/C16H28N2O2/c1-20-10-7-16(5-2-6-16)15(19)18-8-3-13-11-17-12-14(13)4-9-18/h13-14,17H,2-12H2,1H3/t13-,14+. The molecule has 114 valence electrons. The molecular weight excluding hydrogens is 252 g/mol. The van der Waals surface area contributed by atoms with Gasteiger partial charge in [-0.15, -0.1) is 0 Å². The normalized spacial score (nSPS) is 32.4. The maximum Gasteiger partial charge on any atom is 0.228 e. The molecule has 1 saturated carbocycles. The average Bonchev–Trinajstić information content (AvgIpc) is 2.76. The van der Waals surface area contributed by atoms with Gasteiger partial charge in [-0.2, -0.15) is 0 Å². The van der Waals surface area contributed by atoms with Crippen molar-refractivity contribution in [3.63, 3.8) is 0 Å². The maximum atomic E-state index is 12.9. The summed E-state index contributed by atoms with van der Waals surface area (Å²) in [6, 6.07) is 0. The first kappa shape index (κ1) is 14.3. The largest absolute Gasteiger partial charge is 0.385 e. The SMILES string of the molecule is COCCC1(C(=O)N2CC[C@@H]3CNC[C@@H]3CC2)CCC1. The lowest BCUT2D eigenvalue weighted by Gasteiger charge is -2.43. The lowest BCUT2D eigenvalue weighted by Crippen LogP contribution is -2.49. The van der Waals surface area contributed by atoms with Gasteiger partial charge < -0.3 is 15.0 Å². The number of nitrogens with zero attached hydrogens (tertiary/aromatic N) is 1. The van der Waals surface area contributed by atoms with Gasteiger partial charge in [0.25, 0.3) is 0 Å². The van der Waals surface area contributed by atoms with Crippen molar-refractivity contribution in [3.05, 3.63) is 0 Å². The van der Waals surface area contributed by atoms with E-state index in [0.29, 0.717) is 5.91 Å². The second-order valence-corrected chi connectivity index (χ2v) is 6.92. The molecule has 20 heavy (non-hydrogen) atoms. The highest BCUT2D eigenvalue weighted by Gasteiger charge is 2.46. The molecule has 0 bridgehead atoms. The molecule has 0 radical (unpaired) electrons. The Hall–Kier alpha value is -0.610. The first-order chi connectivity index (χ1) is 9.75. The Bertz CT molecular complexity index is 340. The Balaban J connectivity index is 1.61. The van der Waals surface area contributed by atoms with Crippen LogP contribution in [0.1, 0.15) is 38.5 Å². The molecule has 0 aromatic rings. The second-order valence-electron chi connectivity index (χ2n) is 6.92. The smallest absolute Gasteiger partial charge is 0.228 e. The van der Waals surface area contributed by atoms with Crippen LogP contribution in [-0.4, -0.2) is 50.7 Å². The molecule has 2 aliphatic heterocycles. The molecule has 2 heterocycles. The second kappa shape index (κ2) is 6.02. The number of fused-ring (bicyclic) bond motifs is 1. The molecule has 1 aliphatic carbocycles. The molecule has 2 saturated heterocycles. The number of likely N-dealkylation sites (tertiary alicyclic amines) is 1. The summed E-state index contributed by atoms with van der Waals surface area (Å²) in [6.45, 7) is 4.96. The minimum absolute atomic E-state index is 0.0757. The molecule has 1 N–H and O–H groups in total. The van der Waals surface area contributed by atoms with Crippen LogP contribution in [0.4, 0.5) is 0 Å². The summed E-state index contributed by atoms with van der Waals surface area (Å²) in [5, 5.41) is 3.50. The molecule has 4 nitrogen and oxygen atoms in total. The molecule has 0 unspecified atom stereocenters. The molecule has 0 aromatic heterocycles. The van der Waals surface area contributed by atoms with Crippen molar-refractivity contribution < 1.29 is 9.53 Å². The van der Waals surface area contributed by atoms with Crippen LogP contribution in [0.5, 0.6) is 0 Å². The number of amides is 1. The molecular formula is C16H28N2O2. The van der Waals surface area contributed by atoms with E-state index in [1.165, 1.54) is 19.3 Å². The van der Waals surface area contributed by atoms with E-state index in [0.717, 1.165) is 63.9 Å². The van der Waals surface area contributed by atoms with Crippen molar-refractivity contribution in [2.45, 2.75) is 38.5 Å². The monoisotopic (exact) mass is 280 g/mol. The minimum Gasteiger partial charge on any atom is -0.385 e. The molecule has 3 aliphatic rings. The van der Waals surface area contributed by atoms with Gasteiger partial charge in [-0.05, 0) is 57.0 Å². The molecule has 4 heteroatoms. The quantitative estimate of drug-likeness (QED) is 0.851. The number of carbonyl (C=O) groups is 1. The number of hydrogen-bond donors (Lipinski definition) is 1. The van der Waals surface area contributed by atoms with Crippen molar-refractivity contribution in [2.24, 2.45) is 17.3 Å². The first-order valence-corrected chi connectivity index (χ1v) is 8.24. The Morgan fingerprint density at radius 1 is 1.25 bits per heavy atom. The van der Waals surface area contributed by atoms with Crippen LogP contribution >= 0.6 is 0 Å². The Morgan fingerprint density at radius 3 is 2.40 bits per heavy atom. The zero-order valence-corrected chi connectivity index (χ0v) is 12.7. The number of carbonyl (C=O) groups excluding carboxylic acids is 1. The lowest BCUT2D eigenvalue weighted by molar-refractivity contribution is -0.149. The summed E-state index contributed by atoms with van der Waals surface area (Å²) in [5.74, 6) is 2.02. The van der Waals surface area contributed by atoms with Gasteiger partial charge >= 0.3 is 0 Å². The van der Waals surface area contributed by atoms with Crippen LogP contribution in [0.25, 0.3) is 0 Å². The van der Waals surface area contributed by atoms with Gasteiger partial charge in [-0.1, -0.05) is 6.42 Å². The number of ether oxygens (including phenoxy) is 1. The molecule has 3 fully saturated rings. The van der Waals surface area contributed by atoms with Crippen LogP contribution in [-0.2, 0) is 9.53 Å². The van der Waals surface area contributed by atoms with Crippen molar-refractivity contribution in [2.75, 3.05) is 39.9 Å². The third-order valence-corrected chi connectivity index (χ3v) is 5.86. The Morgan fingerprint density at radius 2 is 1.90 bits per heavy atom. The van der Waals surface area contributed by atoms with Crippen LogP contribution in [0.2, 0.25) is 0 Å². The zero-order chi connectivity index (χ0) is 14.0. The van der Waals surface area contributed by atoms with Gasteiger partial charge in [-0.25, -0.2) is 0 Å². The Kier molecular flexibility index (Phi) is 4.32. The lowest BCUT2D eigenvalue weighted by atomic mass is 9.65. The highest BCUT2D eigenvalue weighted by atomic mass is 16.5. The van der Waals surface area contributed by atoms with Gasteiger partial charge in [0.1, 0.15) is 0 Å². The van der Waals surface area contributed by atoms with Gasteiger partial charge in [0.2, 0.25) is 5.91 Å². The highest BCUT2D eigenvalue weighted by Crippen LogP contribution is 2.46. The first-order valence-electron chi connectivity index (χ1n) is 8.24. The summed E-state index contributed by atoms with van der Waals surface area (Å²) in [6.07, 6.45) is 6.62. The van der Waals surface area contributed by atoms with Crippen LogP contribution in [0.3, 0.4) is 0 Å². The van der Waals surface area contributed by atoms with E-state index in [9.17, 15) is 4.79 Å². The molecule has 2 atom stereocenters. The number of methoxy groups -OCH3 is 1. The van der Waals surface area contributed by atoms with E-state index in [1.54, 1.807) is 7.11 Å². The van der Waals surface area contributed by atoms with Gasteiger partial charge in [0.15, 0.2) is 0 Å². The predicted octanol–water partition coefficient (Wildman–Crippen LogP) is 1.65. The summed E-state index contributed by atoms with van der Waals surface area (Å²) in [7, 11) is 1.73. The number of rotatable bonds is 4. The van der Waals surface area contributed by atoms with E-state index < -0.39 is 0 Å². The third-order valence-electron chi connectivity index (χ3n) is 5.86. The predicted molar refractivity (Wildman–Crippen MR) is 78.4 cm³/mol. The fourth-order valence-corrected chi connectivity index (χ4v) is 4.23. The fraction of sp³-hybridized carbons (Fsp3) is 0.938. The Labute approximate surface area is 122 Å². The summed E-state index contributed by atoms with van der Waals surface area (Å²) in [4.78, 5) is 15.1. The average molecular weight is 280 g/mol. The molecule has 1 amide bonds. The summed E-state index contributed by atoms with van der Waals surface area (Å²) >= 11 is 0. The number of nitrogens with one attached hydrogen (secondary N) is 1. The van der Waals surface area contributed by atoms with Gasteiger partial charge in [0, 0.05) is 26.8 Å². The van der Waals surface area contributed by atoms with Crippen molar-refractivity contribution in [3.8, 4) is 0 Å². The van der Waals surface area contributed by atoms with Crippen molar-refractivity contribution in [1.82, 2.24) is 10.2 Å². The molecule has 3 rings (SSSR count). The van der Waals surface area contributed by atoms with Crippen molar-refractivity contribution >= 4 is 5.91 Å². The van der Waals surface area contributed by atoms with E-state index in [-0.39, 0.29) is 5.41 Å². The van der Waals surface area contributed by atoms with E-state index in [2.05, 4.69) is 10.2 Å². The van der Waals surface area contributed by atoms with E-state index in [4.69, 9.17) is 4.74 Å². The maximum absolute atomic E-state index is 12.9. The zero-order valence-electron chi connectivity index (χ0n) is 12.7. The van der Waals surface area contributed by atoms with Crippen LogP contribution in [0.15, 0.2) is 0 Å². The third kappa shape index (κ3) is 2.60. The van der Waals surface area contributed by atoms with E-state index >= 15 is 0 Å². The van der Waals surface area contributed by atoms with Crippen LogP contribution in [0, 0.1) is 17.3 Å². The van der Waals surface area contributed by atoms with Gasteiger partial charge in [-0.3, -0.25) is 4.79 Å². The molecule has 0 spiro atoms. The topological polar surface area (TPSA) is 41.6 Å². The van der Waals surface area contributed by atoms with Crippen molar-refractivity contribution in [1.29, 1.82) is 0 Å². The highest BCUT2D eigenvalue weighted by molar-refractivity contribution is 5.83. The van der Waals surface area contributed by atoms with E-state index in [1.807, 2.05) is 0 Å². The summed E-state index contributed by atoms with van der Waals surface area (Å²) < 4.78 is 5.22. The van der Waals surface area contributed by atoms with Crippen LogP contribution < -0.4 is 5.32 Å². The number of hydrogen-bond acceptors (Lipinski definition) is 3. The fourth-order valence-electron chi connectivity index (χ4n) is 4.23. The molecule has 0 aromatic carbocycles. The van der Waals surface area contributed by atoms with Gasteiger partial charge in [0.05, 0.1) is 5.41 Å². The summed E-state index contributed by atoms with van der Waals surface area (Å²) in [5.41, 5.74) is -0.0757.